The van der Waals surface area contributed by atoms with E-state index in [0.717, 1.165) is 17.9 Å². The lowest BCUT2D eigenvalue weighted by Gasteiger charge is -2.05. The maximum atomic E-state index is 5.53. The van der Waals surface area contributed by atoms with E-state index in [4.69, 9.17) is 4.74 Å². The monoisotopic (exact) mass is 267 g/mol. The van der Waals surface area contributed by atoms with E-state index in [1.807, 2.05) is 35.0 Å². The van der Waals surface area contributed by atoms with Crippen molar-refractivity contribution in [1.82, 2.24) is 24.7 Å². The lowest BCUT2D eigenvalue weighted by Crippen LogP contribution is -2.07. The average molecular weight is 267 g/mol. The lowest BCUT2D eigenvalue weighted by molar-refractivity contribution is 0.284. The second kappa shape index (κ2) is 5.92. The van der Waals surface area contributed by atoms with Gasteiger partial charge in [0.25, 0.3) is 0 Å². The van der Waals surface area contributed by atoms with Crippen LogP contribution >= 0.6 is 0 Å². The van der Waals surface area contributed by atoms with Gasteiger partial charge in [-0.3, -0.25) is 4.98 Å². The molecule has 0 aromatic carbocycles. The number of rotatable bonds is 5. The van der Waals surface area contributed by atoms with E-state index < -0.39 is 0 Å². The van der Waals surface area contributed by atoms with Crippen molar-refractivity contribution in [2.24, 2.45) is 0 Å². The normalized spacial score (nSPS) is 10.4. The molecule has 3 heterocycles. The topological polar surface area (TPSA) is 65.7 Å². The number of hydrogen-bond acceptors (Lipinski definition) is 5. The Bertz CT molecular complexity index is 637. The summed E-state index contributed by atoms with van der Waals surface area (Å²) in [6, 6.07) is 9.32. The maximum Gasteiger partial charge on any atom is 0.233 e. The van der Waals surface area contributed by atoms with Crippen molar-refractivity contribution in [3.8, 4) is 17.3 Å². The summed E-state index contributed by atoms with van der Waals surface area (Å²) in [6.45, 7) is 1.25. The Balaban J connectivity index is 1.59. The van der Waals surface area contributed by atoms with Crippen molar-refractivity contribution >= 4 is 0 Å². The first-order valence-corrected chi connectivity index (χ1v) is 6.25. The Kier molecular flexibility index (Phi) is 3.64. The Morgan fingerprint density at radius 1 is 1.00 bits per heavy atom. The van der Waals surface area contributed by atoms with Crippen molar-refractivity contribution in [3.63, 3.8) is 0 Å². The molecule has 0 aliphatic rings. The molecule has 0 spiro atoms. The van der Waals surface area contributed by atoms with Gasteiger partial charge in [0, 0.05) is 24.7 Å². The number of pyridine rings is 1. The molecule has 0 bridgehead atoms. The predicted molar refractivity (Wildman–Crippen MR) is 73.0 cm³/mol. The molecule has 20 heavy (non-hydrogen) atoms. The largest absolute Gasteiger partial charge is 0.475 e. The minimum absolute atomic E-state index is 0.504. The number of hydrogen-bond donors (Lipinski definition) is 0. The zero-order chi connectivity index (χ0) is 13.6. The van der Waals surface area contributed by atoms with Crippen LogP contribution in [-0.2, 0) is 6.54 Å². The van der Waals surface area contributed by atoms with Crippen LogP contribution in [0.4, 0.5) is 0 Å². The van der Waals surface area contributed by atoms with Gasteiger partial charge >= 0.3 is 0 Å². The summed E-state index contributed by atoms with van der Waals surface area (Å²) < 4.78 is 7.47. The molecule has 3 aromatic rings. The van der Waals surface area contributed by atoms with E-state index in [1.165, 1.54) is 0 Å². The SMILES string of the molecule is c1ccc(-c2ccc(OCCn3ccnc3)nn2)nc1. The molecular weight excluding hydrogens is 254 g/mol. The number of ether oxygens (including phenoxy) is 1. The fourth-order valence-electron chi connectivity index (χ4n) is 1.72. The molecule has 0 aliphatic carbocycles. The Morgan fingerprint density at radius 3 is 2.70 bits per heavy atom. The summed E-state index contributed by atoms with van der Waals surface area (Å²) in [4.78, 5) is 8.19. The molecular formula is C14H13N5O. The minimum atomic E-state index is 0.504. The van der Waals surface area contributed by atoms with Gasteiger partial charge in [0.1, 0.15) is 12.3 Å². The first-order chi connectivity index (χ1) is 9.92. The smallest absolute Gasteiger partial charge is 0.233 e. The quantitative estimate of drug-likeness (QED) is 0.705. The van der Waals surface area contributed by atoms with E-state index in [1.54, 1.807) is 24.8 Å². The van der Waals surface area contributed by atoms with E-state index in [-0.39, 0.29) is 0 Å². The van der Waals surface area contributed by atoms with Crippen LogP contribution in [0.2, 0.25) is 0 Å². The van der Waals surface area contributed by atoms with Crippen LogP contribution in [0.5, 0.6) is 5.88 Å². The molecule has 3 aromatic heterocycles. The molecule has 6 heteroatoms. The Labute approximate surface area is 116 Å². The van der Waals surface area contributed by atoms with Crippen LogP contribution in [0.1, 0.15) is 0 Å². The molecule has 0 fully saturated rings. The third-order valence-corrected chi connectivity index (χ3v) is 2.73. The van der Waals surface area contributed by atoms with Crippen molar-refractivity contribution in [3.05, 3.63) is 55.2 Å². The number of imidazole rings is 1. The van der Waals surface area contributed by atoms with Gasteiger partial charge in [0.15, 0.2) is 0 Å². The van der Waals surface area contributed by atoms with Crippen molar-refractivity contribution in [1.29, 1.82) is 0 Å². The molecule has 0 N–H and O–H groups in total. The summed E-state index contributed by atoms with van der Waals surface area (Å²) in [5.74, 6) is 0.504. The molecule has 0 saturated heterocycles. The van der Waals surface area contributed by atoms with Crippen LogP contribution in [0.3, 0.4) is 0 Å². The summed E-state index contributed by atoms with van der Waals surface area (Å²) >= 11 is 0. The highest BCUT2D eigenvalue weighted by Crippen LogP contribution is 2.14. The first-order valence-electron chi connectivity index (χ1n) is 6.25. The lowest BCUT2D eigenvalue weighted by atomic mass is 10.2. The van der Waals surface area contributed by atoms with Gasteiger partial charge in [-0.1, -0.05) is 6.07 Å². The van der Waals surface area contributed by atoms with Gasteiger partial charge in [0.05, 0.1) is 18.6 Å². The van der Waals surface area contributed by atoms with Crippen molar-refractivity contribution < 1.29 is 4.74 Å². The number of nitrogens with zero attached hydrogens (tertiary/aromatic N) is 5. The molecule has 0 amide bonds. The van der Waals surface area contributed by atoms with Crippen LogP contribution in [-0.4, -0.2) is 31.3 Å². The van der Waals surface area contributed by atoms with E-state index in [0.29, 0.717) is 12.5 Å². The van der Waals surface area contributed by atoms with Crippen molar-refractivity contribution in [2.75, 3.05) is 6.61 Å². The second-order valence-electron chi connectivity index (χ2n) is 4.12. The van der Waals surface area contributed by atoms with E-state index >= 15 is 0 Å². The highest BCUT2D eigenvalue weighted by atomic mass is 16.5. The molecule has 0 atom stereocenters. The van der Waals surface area contributed by atoms with Gasteiger partial charge in [0.2, 0.25) is 5.88 Å². The third-order valence-electron chi connectivity index (χ3n) is 2.73. The fraction of sp³-hybridized carbons (Fsp3) is 0.143. The minimum Gasteiger partial charge on any atom is -0.475 e. The molecule has 0 unspecified atom stereocenters. The van der Waals surface area contributed by atoms with Gasteiger partial charge in [-0.15, -0.1) is 10.2 Å². The molecule has 0 aliphatic heterocycles. The fourth-order valence-corrected chi connectivity index (χ4v) is 1.72. The molecule has 3 rings (SSSR count). The van der Waals surface area contributed by atoms with Crippen LogP contribution < -0.4 is 4.74 Å². The number of aromatic nitrogens is 5. The first kappa shape index (κ1) is 12.3. The molecule has 0 saturated carbocycles. The highest BCUT2D eigenvalue weighted by molar-refractivity contribution is 5.52. The van der Waals surface area contributed by atoms with Gasteiger partial charge in [-0.05, 0) is 18.2 Å². The van der Waals surface area contributed by atoms with Gasteiger partial charge in [-0.2, -0.15) is 0 Å². The highest BCUT2D eigenvalue weighted by Gasteiger charge is 2.02. The zero-order valence-corrected chi connectivity index (χ0v) is 10.8. The average Bonchev–Trinajstić information content (AvgIpc) is 3.02. The standard InChI is InChI=1S/C14H13N5O/c1-2-6-16-12(3-1)13-4-5-14(18-17-13)20-10-9-19-8-7-15-11-19/h1-8,11H,9-10H2. The third kappa shape index (κ3) is 2.97. The zero-order valence-electron chi connectivity index (χ0n) is 10.8. The summed E-state index contributed by atoms with van der Waals surface area (Å²) in [5, 5.41) is 8.14. The van der Waals surface area contributed by atoms with Crippen molar-refractivity contribution in [2.45, 2.75) is 6.54 Å². The summed E-state index contributed by atoms with van der Waals surface area (Å²) in [6.07, 6.45) is 7.10. The van der Waals surface area contributed by atoms with E-state index in [9.17, 15) is 0 Å². The molecule has 0 radical (unpaired) electrons. The predicted octanol–water partition coefficient (Wildman–Crippen LogP) is 1.81. The van der Waals surface area contributed by atoms with Crippen LogP contribution in [0.15, 0.2) is 55.2 Å². The van der Waals surface area contributed by atoms with Gasteiger partial charge < -0.3 is 9.30 Å². The summed E-state index contributed by atoms with van der Waals surface area (Å²) in [7, 11) is 0. The molecule has 100 valence electrons. The van der Waals surface area contributed by atoms with Gasteiger partial charge in [-0.25, -0.2) is 4.98 Å². The molecule has 6 nitrogen and oxygen atoms in total. The maximum absolute atomic E-state index is 5.53. The summed E-state index contributed by atoms with van der Waals surface area (Å²) in [5.41, 5.74) is 1.53. The van der Waals surface area contributed by atoms with Crippen LogP contribution in [0, 0.1) is 0 Å². The Hall–Kier alpha value is -2.76. The van der Waals surface area contributed by atoms with E-state index in [2.05, 4.69) is 20.2 Å². The van der Waals surface area contributed by atoms with Crippen LogP contribution in [0.25, 0.3) is 11.4 Å². The second-order valence-corrected chi connectivity index (χ2v) is 4.12. The Morgan fingerprint density at radius 2 is 2.00 bits per heavy atom.